The van der Waals surface area contributed by atoms with Crippen molar-refractivity contribution in [3.8, 4) is 0 Å². The van der Waals surface area contributed by atoms with E-state index in [-0.39, 0.29) is 18.4 Å². The van der Waals surface area contributed by atoms with Crippen LogP contribution < -0.4 is 10.6 Å². The zero-order valence-corrected chi connectivity index (χ0v) is 14.6. The molecular weight excluding hydrogens is 344 g/mol. The van der Waals surface area contributed by atoms with Crippen molar-refractivity contribution in [2.45, 2.75) is 0 Å². The number of benzene rings is 1. The molecule has 0 aliphatic carbocycles. The molecule has 25 heavy (non-hydrogen) atoms. The molecule has 0 bridgehead atoms. The molecule has 1 heterocycles. The Morgan fingerprint density at radius 1 is 1.12 bits per heavy atom. The van der Waals surface area contributed by atoms with Gasteiger partial charge >= 0.3 is 6.03 Å². The Hall–Kier alpha value is -2.38. The molecule has 1 aliphatic heterocycles. The van der Waals surface area contributed by atoms with Gasteiger partial charge in [-0.05, 0) is 24.3 Å². The van der Waals surface area contributed by atoms with Crippen molar-refractivity contribution >= 4 is 29.4 Å². The number of nitrogens with zero attached hydrogens (tertiary/aromatic N) is 2. The molecule has 1 fully saturated rings. The number of piperazine rings is 1. The summed E-state index contributed by atoms with van der Waals surface area (Å²) in [7, 11) is 0. The second-order valence-corrected chi connectivity index (χ2v) is 6.06. The third kappa shape index (κ3) is 5.88. The Labute approximate surface area is 151 Å². The summed E-state index contributed by atoms with van der Waals surface area (Å²) < 4.78 is 0. The van der Waals surface area contributed by atoms with Gasteiger partial charge in [-0.3, -0.25) is 19.8 Å². The summed E-state index contributed by atoms with van der Waals surface area (Å²) in [6, 6.07) is 6.24. The fourth-order valence-electron chi connectivity index (χ4n) is 2.46. The molecule has 134 valence electrons. The summed E-state index contributed by atoms with van der Waals surface area (Å²) in [5.41, 5.74) is 0.592. The van der Waals surface area contributed by atoms with E-state index in [0.29, 0.717) is 43.3 Å². The molecule has 0 aromatic heterocycles. The van der Waals surface area contributed by atoms with Gasteiger partial charge in [0.1, 0.15) is 0 Å². The van der Waals surface area contributed by atoms with Gasteiger partial charge < -0.3 is 10.2 Å². The number of carbonyl (C=O) groups excluding carboxylic acids is 3. The standard InChI is InChI=1S/C17H21ClN4O3/c1-2-7-19-17(25)20-15(23)12-21-8-10-22(11-9-21)16(24)13-3-5-14(18)6-4-13/h2-6H,1,7-12H2,(H2,19,20,23,25). The van der Waals surface area contributed by atoms with Crippen LogP contribution in [0, 0.1) is 0 Å². The summed E-state index contributed by atoms with van der Waals surface area (Å²) in [5, 5.41) is 5.32. The van der Waals surface area contributed by atoms with Crippen LogP contribution >= 0.6 is 11.6 Å². The van der Waals surface area contributed by atoms with Gasteiger partial charge in [0, 0.05) is 43.3 Å². The average molecular weight is 365 g/mol. The third-order valence-electron chi connectivity index (χ3n) is 3.78. The van der Waals surface area contributed by atoms with E-state index in [1.54, 1.807) is 29.2 Å². The summed E-state index contributed by atoms with van der Waals surface area (Å²) in [6.45, 7) is 6.08. The summed E-state index contributed by atoms with van der Waals surface area (Å²) in [5.74, 6) is -0.427. The lowest BCUT2D eigenvalue weighted by atomic mass is 10.2. The first kappa shape index (κ1) is 19.0. The lowest BCUT2D eigenvalue weighted by Gasteiger charge is -2.34. The number of nitrogens with one attached hydrogen (secondary N) is 2. The highest BCUT2D eigenvalue weighted by molar-refractivity contribution is 6.30. The fraction of sp³-hybridized carbons (Fsp3) is 0.353. The lowest BCUT2D eigenvalue weighted by molar-refractivity contribution is -0.121. The van der Waals surface area contributed by atoms with Crippen molar-refractivity contribution < 1.29 is 14.4 Å². The number of rotatable bonds is 5. The smallest absolute Gasteiger partial charge is 0.321 e. The Kier molecular flexibility index (Phi) is 6.97. The monoisotopic (exact) mass is 364 g/mol. The third-order valence-corrected chi connectivity index (χ3v) is 4.03. The minimum Gasteiger partial charge on any atom is -0.336 e. The zero-order valence-electron chi connectivity index (χ0n) is 13.8. The van der Waals surface area contributed by atoms with Gasteiger partial charge in [0.05, 0.1) is 6.54 Å². The highest BCUT2D eigenvalue weighted by Crippen LogP contribution is 2.13. The van der Waals surface area contributed by atoms with Crippen LogP contribution in [0.3, 0.4) is 0 Å². The van der Waals surface area contributed by atoms with Crippen molar-refractivity contribution in [1.29, 1.82) is 0 Å². The van der Waals surface area contributed by atoms with Crippen LogP contribution in [0.5, 0.6) is 0 Å². The Balaban J connectivity index is 1.76. The van der Waals surface area contributed by atoms with E-state index in [2.05, 4.69) is 17.2 Å². The van der Waals surface area contributed by atoms with Crippen LogP contribution in [0.2, 0.25) is 5.02 Å². The first-order valence-corrected chi connectivity index (χ1v) is 8.33. The van der Waals surface area contributed by atoms with Gasteiger partial charge in [-0.2, -0.15) is 0 Å². The number of carbonyl (C=O) groups is 3. The Morgan fingerprint density at radius 3 is 2.36 bits per heavy atom. The van der Waals surface area contributed by atoms with Crippen LogP contribution in [0.4, 0.5) is 4.79 Å². The molecule has 1 aromatic carbocycles. The van der Waals surface area contributed by atoms with E-state index < -0.39 is 6.03 Å². The molecule has 0 atom stereocenters. The maximum atomic E-state index is 12.4. The molecule has 4 amide bonds. The molecule has 2 rings (SSSR count). The van der Waals surface area contributed by atoms with Crippen molar-refractivity contribution in [3.63, 3.8) is 0 Å². The van der Waals surface area contributed by atoms with Crippen LogP contribution in [0.15, 0.2) is 36.9 Å². The largest absolute Gasteiger partial charge is 0.336 e. The summed E-state index contributed by atoms with van der Waals surface area (Å²) >= 11 is 5.83. The minimum absolute atomic E-state index is 0.0513. The molecule has 0 saturated carbocycles. The van der Waals surface area contributed by atoms with E-state index in [0.717, 1.165) is 0 Å². The van der Waals surface area contributed by atoms with E-state index in [1.807, 2.05) is 4.90 Å². The molecular formula is C17H21ClN4O3. The highest BCUT2D eigenvalue weighted by atomic mass is 35.5. The first-order valence-electron chi connectivity index (χ1n) is 7.95. The van der Waals surface area contributed by atoms with Crippen LogP contribution in [-0.2, 0) is 4.79 Å². The highest BCUT2D eigenvalue weighted by Gasteiger charge is 2.23. The van der Waals surface area contributed by atoms with Crippen molar-refractivity contribution in [3.05, 3.63) is 47.5 Å². The molecule has 0 spiro atoms. The molecule has 8 heteroatoms. The number of hydrogen-bond donors (Lipinski definition) is 2. The van der Waals surface area contributed by atoms with E-state index >= 15 is 0 Å². The number of urea groups is 1. The van der Waals surface area contributed by atoms with E-state index in [9.17, 15) is 14.4 Å². The molecule has 1 saturated heterocycles. The fourth-order valence-corrected chi connectivity index (χ4v) is 2.59. The molecule has 1 aromatic rings. The maximum absolute atomic E-state index is 12.4. The van der Waals surface area contributed by atoms with Crippen molar-refractivity contribution in [1.82, 2.24) is 20.4 Å². The van der Waals surface area contributed by atoms with Gasteiger partial charge in [0.15, 0.2) is 0 Å². The van der Waals surface area contributed by atoms with Crippen molar-refractivity contribution in [2.75, 3.05) is 39.3 Å². The molecule has 0 unspecified atom stereocenters. The van der Waals surface area contributed by atoms with Crippen LogP contribution in [0.1, 0.15) is 10.4 Å². The molecule has 1 aliphatic rings. The average Bonchev–Trinajstić information content (AvgIpc) is 2.60. The van der Waals surface area contributed by atoms with Gasteiger partial charge in [-0.1, -0.05) is 17.7 Å². The summed E-state index contributed by atoms with van der Waals surface area (Å²) in [4.78, 5) is 39.3. The molecule has 2 N–H and O–H groups in total. The predicted molar refractivity (Wildman–Crippen MR) is 95.5 cm³/mol. The normalized spacial score (nSPS) is 14.7. The predicted octanol–water partition coefficient (Wildman–Crippen LogP) is 1.11. The Bertz CT molecular complexity index is 640. The van der Waals surface area contributed by atoms with Crippen LogP contribution in [-0.4, -0.2) is 66.9 Å². The quantitative estimate of drug-likeness (QED) is 0.767. The number of hydrogen-bond acceptors (Lipinski definition) is 4. The maximum Gasteiger partial charge on any atom is 0.321 e. The van der Waals surface area contributed by atoms with E-state index in [1.165, 1.54) is 6.08 Å². The number of imide groups is 1. The summed E-state index contributed by atoms with van der Waals surface area (Å²) in [6.07, 6.45) is 1.53. The molecule has 0 radical (unpaired) electrons. The second kappa shape index (κ2) is 9.19. The Morgan fingerprint density at radius 2 is 1.76 bits per heavy atom. The van der Waals surface area contributed by atoms with Crippen LogP contribution in [0.25, 0.3) is 0 Å². The van der Waals surface area contributed by atoms with Gasteiger partial charge in [0.2, 0.25) is 5.91 Å². The number of halogens is 1. The van der Waals surface area contributed by atoms with E-state index in [4.69, 9.17) is 11.6 Å². The minimum atomic E-state index is -0.540. The topological polar surface area (TPSA) is 81.8 Å². The molecule has 7 nitrogen and oxygen atoms in total. The second-order valence-electron chi connectivity index (χ2n) is 5.62. The van der Waals surface area contributed by atoms with Gasteiger partial charge in [-0.25, -0.2) is 4.79 Å². The lowest BCUT2D eigenvalue weighted by Crippen LogP contribution is -2.52. The SMILES string of the molecule is C=CCNC(=O)NC(=O)CN1CCN(C(=O)c2ccc(Cl)cc2)CC1. The first-order chi connectivity index (χ1) is 12.0. The van der Waals surface area contributed by atoms with Gasteiger partial charge in [0.25, 0.3) is 5.91 Å². The van der Waals surface area contributed by atoms with Gasteiger partial charge in [-0.15, -0.1) is 6.58 Å². The number of amides is 4. The van der Waals surface area contributed by atoms with Crippen molar-refractivity contribution in [2.24, 2.45) is 0 Å². The zero-order chi connectivity index (χ0) is 18.2.